The Labute approximate surface area is 316 Å². The molecule has 2 aromatic carbocycles. The van der Waals surface area contributed by atoms with Gasteiger partial charge in [0.15, 0.2) is 0 Å². The van der Waals surface area contributed by atoms with Crippen molar-refractivity contribution in [3.8, 4) is 11.5 Å². The zero-order chi connectivity index (χ0) is 37.5. The van der Waals surface area contributed by atoms with Crippen LogP contribution in [-0.4, -0.2) is 94.7 Å². The fourth-order valence-electron chi connectivity index (χ4n) is 6.42. The van der Waals surface area contributed by atoms with Crippen LogP contribution < -0.4 is 29.9 Å². The second-order valence-corrected chi connectivity index (χ2v) is 13.4. The molecule has 6 rings (SSSR count). The summed E-state index contributed by atoms with van der Waals surface area (Å²) in [7, 11) is 3.07. The quantitative estimate of drug-likeness (QED) is 0.114. The molecular weight excluding hydrogens is 727 g/mol. The summed E-state index contributed by atoms with van der Waals surface area (Å²) < 4.78 is 16.3. The first-order chi connectivity index (χ1) is 25.7. The van der Waals surface area contributed by atoms with Gasteiger partial charge in [-0.25, -0.2) is 19.6 Å². The summed E-state index contributed by atoms with van der Waals surface area (Å²) in [5.74, 6) is 0.400. The highest BCUT2D eigenvalue weighted by molar-refractivity contribution is 6.32. The van der Waals surface area contributed by atoms with Crippen LogP contribution in [0.2, 0.25) is 10.0 Å². The molecule has 2 atom stereocenters. The minimum absolute atomic E-state index is 0.0178. The van der Waals surface area contributed by atoms with E-state index in [1.54, 1.807) is 31.4 Å². The Kier molecular flexibility index (Phi) is 12.2. The second kappa shape index (κ2) is 17.1. The molecule has 2 aliphatic rings. The van der Waals surface area contributed by atoms with Crippen molar-refractivity contribution in [1.82, 2.24) is 19.9 Å². The highest BCUT2D eigenvalue weighted by Gasteiger charge is 2.31. The van der Waals surface area contributed by atoms with Crippen molar-refractivity contribution in [2.24, 2.45) is 0 Å². The molecule has 0 unspecified atom stereocenters. The molecule has 0 saturated carbocycles. The SMILES string of the molecule is COc1ccc(CNc2nc(N3CCC[C@H]3COC(=O)c3cnc(N4CCC[C@H]4CO)nc3NCc3ccc(OC)c(Cl)c3)ncc2C(=O)O)cc1Cl. The number of hydrogen-bond donors (Lipinski definition) is 4. The zero-order valence-corrected chi connectivity index (χ0v) is 30.7. The van der Waals surface area contributed by atoms with Gasteiger partial charge in [0.2, 0.25) is 11.9 Å². The first-order valence-corrected chi connectivity index (χ1v) is 17.9. The smallest absolute Gasteiger partial charge is 0.343 e. The van der Waals surface area contributed by atoms with Gasteiger partial charge in [0.25, 0.3) is 0 Å². The number of aliphatic hydroxyl groups excluding tert-OH is 1. The lowest BCUT2D eigenvalue weighted by Gasteiger charge is -2.25. The molecule has 0 spiro atoms. The van der Waals surface area contributed by atoms with E-state index < -0.39 is 11.9 Å². The maximum atomic E-state index is 13.6. The Hall–Kier alpha value is -5.12. The summed E-state index contributed by atoms with van der Waals surface area (Å²) in [6.07, 6.45) is 5.89. The summed E-state index contributed by atoms with van der Waals surface area (Å²) in [6, 6.07) is 10.3. The predicted molar refractivity (Wildman–Crippen MR) is 200 cm³/mol. The lowest BCUT2D eigenvalue weighted by atomic mass is 10.2. The van der Waals surface area contributed by atoms with E-state index in [1.165, 1.54) is 19.5 Å². The number of nitrogens with zero attached hydrogens (tertiary/aromatic N) is 6. The minimum atomic E-state index is -1.18. The van der Waals surface area contributed by atoms with Crippen LogP contribution in [0.25, 0.3) is 0 Å². The molecule has 2 aromatic heterocycles. The summed E-state index contributed by atoms with van der Waals surface area (Å²) in [5.41, 5.74) is 1.69. The minimum Gasteiger partial charge on any atom is -0.495 e. The van der Waals surface area contributed by atoms with Gasteiger partial charge in [-0.15, -0.1) is 0 Å². The number of anilines is 4. The molecular formula is C36H40Cl2N8O7. The predicted octanol–water partition coefficient (Wildman–Crippen LogP) is 5.30. The number of carboxylic acids is 1. The molecule has 0 amide bonds. The van der Waals surface area contributed by atoms with Crippen molar-refractivity contribution >= 4 is 58.7 Å². The van der Waals surface area contributed by atoms with Crippen molar-refractivity contribution < 1.29 is 34.0 Å². The number of methoxy groups -OCH3 is 2. The number of aromatic carboxylic acids is 1. The Morgan fingerprint density at radius 1 is 0.811 bits per heavy atom. The van der Waals surface area contributed by atoms with E-state index in [9.17, 15) is 19.8 Å². The molecule has 280 valence electrons. The number of carbonyl (C=O) groups excluding carboxylic acids is 1. The number of halogens is 2. The lowest BCUT2D eigenvalue weighted by molar-refractivity contribution is 0.0482. The molecule has 15 nitrogen and oxygen atoms in total. The normalized spacial score (nSPS) is 16.8. The van der Waals surface area contributed by atoms with Gasteiger partial charge in [-0.2, -0.15) is 9.97 Å². The number of carbonyl (C=O) groups is 2. The molecule has 0 bridgehead atoms. The third-order valence-electron chi connectivity index (χ3n) is 9.24. The monoisotopic (exact) mass is 766 g/mol. The van der Waals surface area contributed by atoms with Gasteiger partial charge in [0, 0.05) is 38.6 Å². The first kappa shape index (κ1) is 37.6. The molecule has 53 heavy (non-hydrogen) atoms. The Bertz CT molecular complexity index is 1950. The number of ether oxygens (including phenoxy) is 3. The number of aliphatic hydroxyl groups is 1. The highest BCUT2D eigenvalue weighted by atomic mass is 35.5. The van der Waals surface area contributed by atoms with E-state index in [0.29, 0.717) is 59.5 Å². The van der Waals surface area contributed by atoms with E-state index in [4.69, 9.17) is 42.4 Å². The van der Waals surface area contributed by atoms with Gasteiger partial charge in [-0.3, -0.25) is 0 Å². The average molecular weight is 768 g/mol. The Balaban J connectivity index is 1.17. The molecule has 4 aromatic rings. The number of rotatable bonds is 15. The maximum Gasteiger partial charge on any atom is 0.343 e. The maximum absolute atomic E-state index is 13.6. The van der Waals surface area contributed by atoms with E-state index >= 15 is 0 Å². The van der Waals surface area contributed by atoms with Crippen molar-refractivity contribution in [3.63, 3.8) is 0 Å². The van der Waals surface area contributed by atoms with Gasteiger partial charge in [-0.05, 0) is 61.1 Å². The third-order valence-corrected chi connectivity index (χ3v) is 9.83. The van der Waals surface area contributed by atoms with Crippen LogP contribution in [0.5, 0.6) is 11.5 Å². The van der Waals surface area contributed by atoms with Crippen LogP contribution in [0.3, 0.4) is 0 Å². The molecule has 4 N–H and O–H groups in total. The fraction of sp³-hybridized carbons (Fsp3) is 0.389. The van der Waals surface area contributed by atoms with Crippen molar-refractivity contribution in [1.29, 1.82) is 0 Å². The molecule has 0 aliphatic carbocycles. The van der Waals surface area contributed by atoms with E-state index in [-0.39, 0.29) is 54.6 Å². The van der Waals surface area contributed by atoms with Crippen LogP contribution in [0.1, 0.15) is 57.5 Å². The largest absolute Gasteiger partial charge is 0.495 e. The van der Waals surface area contributed by atoms with Gasteiger partial charge < -0.3 is 44.9 Å². The molecule has 17 heteroatoms. The summed E-state index contributed by atoms with van der Waals surface area (Å²) in [5, 5.41) is 27.0. The topological polar surface area (TPSA) is 184 Å². The summed E-state index contributed by atoms with van der Waals surface area (Å²) in [6.45, 7) is 1.80. The number of esters is 1. The Morgan fingerprint density at radius 3 is 1.83 bits per heavy atom. The van der Waals surface area contributed by atoms with E-state index in [1.807, 2.05) is 21.9 Å². The summed E-state index contributed by atoms with van der Waals surface area (Å²) >= 11 is 12.6. The number of nitrogens with one attached hydrogen (secondary N) is 2. The van der Waals surface area contributed by atoms with Crippen molar-refractivity contribution in [3.05, 3.63) is 81.1 Å². The molecule has 2 aliphatic heterocycles. The molecule has 2 saturated heterocycles. The van der Waals surface area contributed by atoms with Crippen molar-refractivity contribution in [2.45, 2.75) is 50.9 Å². The van der Waals surface area contributed by atoms with Crippen LogP contribution in [0.4, 0.5) is 23.5 Å². The number of aromatic nitrogens is 4. The number of benzene rings is 2. The molecule has 0 radical (unpaired) electrons. The van der Waals surface area contributed by atoms with Crippen LogP contribution in [0, 0.1) is 0 Å². The van der Waals surface area contributed by atoms with Crippen LogP contribution >= 0.6 is 23.2 Å². The summed E-state index contributed by atoms with van der Waals surface area (Å²) in [4.78, 5) is 47.7. The van der Waals surface area contributed by atoms with Crippen LogP contribution in [-0.2, 0) is 17.8 Å². The van der Waals surface area contributed by atoms with Gasteiger partial charge in [0.1, 0.15) is 40.9 Å². The molecule has 4 heterocycles. The fourth-order valence-corrected chi connectivity index (χ4v) is 6.98. The van der Waals surface area contributed by atoms with Gasteiger partial charge >= 0.3 is 11.9 Å². The van der Waals surface area contributed by atoms with E-state index in [0.717, 1.165) is 30.4 Å². The highest BCUT2D eigenvalue weighted by Crippen LogP contribution is 2.30. The van der Waals surface area contributed by atoms with E-state index in [2.05, 4.69) is 25.6 Å². The van der Waals surface area contributed by atoms with Gasteiger partial charge in [-0.1, -0.05) is 35.3 Å². The lowest BCUT2D eigenvalue weighted by Crippen LogP contribution is -2.35. The standard InChI is InChI=1S/C36H40Cl2N8O7/c1-51-29-9-7-21(13-27(29)37)15-39-31-25(33(48)49)17-41-36(43-31)46-12-4-6-24(46)20-53-34(50)26-18-42-35(45-11-3-5-23(45)19-47)44-32(26)40-16-22-8-10-30(52-2)28(38)14-22/h7-10,13-14,17-18,23-24,47H,3-6,11-12,15-16,19-20H2,1-2H3,(H,48,49)(H,39,41,43)(H,40,42,44)/t23-,24-/m0/s1. The van der Waals surface area contributed by atoms with Gasteiger partial charge in [0.05, 0.1) is 43.0 Å². The van der Waals surface area contributed by atoms with Crippen LogP contribution in [0.15, 0.2) is 48.8 Å². The zero-order valence-electron chi connectivity index (χ0n) is 29.2. The number of carboxylic acid groups (broad SMARTS) is 1. The number of hydrogen-bond acceptors (Lipinski definition) is 14. The molecule has 2 fully saturated rings. The Morgan fingerprint density at radius 2 is 1.32 bits per heavy atom. The average Bonchev–Trinajstić information content (AvgIpc) is 3.85. The first-order valence-electron chi connectivity index (χ1n) is 17.1. The third kappa shape index (κ3) is 8.75. The van der Waals surface area contributed by atoms with Crippen molar-refractivity contribution in [2.75, 3.05) is 61.0 Å². The second-order valence-electron chi connectivity index (χ2n) is 12.6.